The van der Waals surface area contributed by atoms with Gasteiger partial charge in [0.15, 0.2) is 0 Å². The number of anilines is 1. The molecule has 0 unspecified atom stereocenters. The third-order valence-corrected chi connectivity index (χ3v) is 4.11. The number of hydrogen-bond donors (Lipinski definition) is 1. The zero-order valence-electron chi connectivity index (χ0n) is 13.7. The standard InChI is InChI=1S/C17H19N5O3/c23-17(19-13-14-4-3-5-15(12-14)22(24)25)21-10-8-20(9-11-21)16-6-1-2-7-18-16/h1-7,12H,8-11,13H2,(H,19,23). The Morgan fingerprint density at radius 1 is 1.16 bits per heavy atom. The summed E-state index contributed by atoms with van der Waals surface area (Å²) in [5, 5.41) is 13.6. The Bertz CT molecular complexity index is 745. The average molecular weight is 341 g/mol. The highest BCUT2D eigenvalue weighted by atomic mass is 16.6. The highest BCUT2D eigenvalue weighted by Crippen LogP contribution is 2.14. The lowest BCUT2D eigenvalue weighted by molar-refractivity contribution is -0.384. The van der Waals surface area contributed by atoms with Crippen molar-refractivity contribution in [3.05, 3.63) is 64.3 Å². The fourth-order valence-electron chi connectivity index (χ4n) is 2.75. The van der Waals surface area contributed by atoms with Crippen molar-refractivity contribution in [2.24, 2.45) is 0 Å². The number of pyridine rings is 1. The summed E-state index contributed by atoms with van der Waals surface area (Å²) < 4.78 is 0. The number of urea groups is 1. The molecule has 130 valence electrons. The van der Waals surface area contributed by atoms with Crippen molar-refractivity contribution in [3.63, 3.8) is 0 Å². The summed E-state index contributed by atoms with van der Waals surface area (Å²) in [6.45, 7) is 2.93. The van der Waals surface area contributed by atoms with E-state index >= 15 is 0 Å². The number of nitro groups is 1. The number of amides is 2. The van der Waals surface area contributed by atoms with Gasteiger partial charge >= 0.3 is 6.03 Å². The molecule has 1 fully saturated rings. The van der Waals surface area contributed by atoms with Crippen LogP contribution in [0.2, 0.25) is 0 Å². The lowest BCUT2D eigenvalue weighted by Crippen LogP contribution is -2.51. The molecule has 0 aliphatic carbocycles. The van der Waals surface area contributed by atoms with Crippen molar-refractivity contribution in [3.8, 4) is 0 Å². The quantitative estimate of drug-likeness (QED) is 0.678. The van der Waals surface area contributed by atoms with Crippen LogP contribution < -0.4 is 10.2 Å². The van der Waals surface area contributed by atoms with Crippen LogP contribution in [0, 0.1) is 10.1 Å². The monoisotopic (exact) mass is 341 g/mol. The van der Waals surface area contributed by atoms with Crippen LogP contribution >= 0.6 is 0 Å². The van der Waals surface area contributed by atoms with Crippen molar-refractivity contribution in [1.29, 1.82) is 0 Å². The van der Waals surface area contributed by atoms with Gasteiger partial charge in [0.1, 0.15) is 5.82 Å². The van der Waals surface area contributed by atoms with Gasteiger partial charge in [0.2, 0.25) is 0 Å². The van der Waals surface area contributed by atoms with Crippen molar-refractivity contribution < 1.29 is 9.72 Å². The molecular formula is C17H19N5O3. The summed E-state index contributed by atoms with van der Waals surface area (Å²) in [6.07, 6.45) is 1.76. The lowest BCUT2D eigenvalue weighted by Gasteiger charge is -2.35. The van der Waals surface area contributed by atoms with Gasteiger partial charge in [-0.25, -0.2) is 9.78 Å². The lowest BCUT2D eigenvalue weighted by atomic mass is 10.2. The number of carbonyl (C=O) groups is 1. The zero-order valence-corrected chi connectivity index (χ0v) is 13.7. The minimum Gasteiger partial charge on any atom is -0.353 e. The molecule has 2 amide bonds. The average Bonchev–Trinajstić information content (AvgIpc) is 2.67. The Hall–Kier alpha value is -3.16. The molecule has 8 nitrogen and oxygen atoms in total. The number of nitrogens with zero attached hydrogens (tertiary/aromatic N) is 4. The number of nitrogens with one attached hydrogen (secondary N) is 1. The van der Waals surface area contributed by atoms with E-state index < -0.39 is 4.92 Å². The number of rotatable bonds is 4. The maximum absolute atomic E-state index is 12.3. The molecule has 1 aliphatic heterocycles. The van der Waals surface area contributed by atoms with E-state index in [0.29, 0.717) is 18.7 Å². The molecule has 0 bridgehead atoms. The van der Waals surface area contributed by atoms with Crippen molar-refractivity contribution in [1.82, 2.24) is 15.2 Å². The number of benzene rings is 1. The Labute approximate surface area is 145 Å². The van der Waals surface area contributed by atoms with Crippen LogP contribution in [0.15, 0.2) is 48.7 Å². The Kier molecular flexibility index (Phi) is 5.08. The van der Waals surface area contributed by atoms with Crippen LogP contribution in [0.25, 0.3) is 0 Å². The van der Waals surface area contributed by atoms with Crippen LogP contribution in [0.1, 0.15) is 5.56 Å². The largest absolute Gasteiger partial charge is 0.353 e. The summed E-state index contributed by atoms with van der Waals surface area (Å²) in [5.41, 5.74) is 0.727. The molecule has 1 aliphatic rings. The maximum Gasteiger partial charge on any atom is 0.317 e. The van der Waals surface area contributed by atoms with E-state index in [1.165, 1.54) is 12.1 Å². The summed E-state index contributed by atoms with van der Waals surface area (Å²) in [6, 6.07) is 11.9. The number of hydrogen-bond acceptors (Lipinski definition) is 5. The third-order valence-electron chi connectivity index (χ3n) is 4.11. The number of non-ortho nitro benzene ring substituents is 1. The SMILES string of the molecule is O=C(NCc1cccc([N+](=O)[O-])c1)N1CCN(c2ccccn2)CC1. The van der Waals surface area contributed by atoms with E-state index in [4.69, 9.17) is 0 Å². The molecule has 8 heteroatoms. The van der Waals surface area contributed by atoms with Gasteiger partial charge in [-0.05, 0) is 17.7 Å². The van der Waals surface area contributed by atoms with Crippen LogP contribution in [0.5, 0.6) is 0 Å². The Morgan fingerprint density at radius 3 is 2.64 bits per heavy atom. The zero-order chi connectivity index (χ0) is 17.6. The molecule has 1 saturated heterocycles. The molecule has 0 spiro atoms. The maximum atomic E-state index is 12.3. The van der Waals surface area contributed by atoms with E-state index in [9.17, 15) is 14.9 Å². The molecule has 2 aromatic rings. The second kappa shape index (κ2) is 7.61. The molecule has 3 rings (SSSR count). The van der Waals surface area contributed by atoms with Crippen LogP contribution in [0.3, 0.4) is 0 Å². The molecule has 0 radical (unpaired) electrons. The molecule has 2 heterocycles. The topological polar surface area (TPSA) is 91.6 Å². The predicted octanol–water partition coefficient (Wildman–Crippen LogP) is 2.02. The van der Waals surface area contributed by atoms with Gasteiger partial charge in [0.25, 0.3) is 5.69 Å². The number of nitro benzene ring substituents is 1. The Balaban J connectivity index is 1.50. The fourth-order valence-corrected chi connectivity index (χ4v) is 2.75. The normalized spacial score (nSPS) is 14.2. The first kappa shape index (κ1) is 16.7. The third kappa shape index (κ3) is 4.23. The first-order chi connectivity index (χ1) is 12.1. The van der Waals surface area contributed by atoms with E-state index in [0.717, 1.165) is 18.9 Å². The van der Waals surface area contributed by atoms with Crippen LogP contribution in [0.4, 0.5) is 16.3 Å². The number of piperazine rings is 1. The Morgan fingerprint density at radius 2 is 1.96 bits per heavy atom. The number of aromatic nitrogens is 1. The van der Waals surface area contributed by atoms with Gasteiger partial charge in [0, 0.05) is 51.1 Å². The molecule has 0 saturated carbocycles. The highest BCUT2D eigenvalue weighted by Gasteiger charge is 2.21. The van der Waals surface area contributed by atoms with Gasteiger partial charge in [-0.3, -0.25) is 10.1 Å². The van der Waals surface area contributed by atoms with Crippen LogP contribution in [-0.4, -0.2) is 47.0 Å². The minimum absolute atomic E-state index is 0.0238. The first-order valence-corrected chi connectivity index (χ1v) is 8.05. The summed E-state index contributed by atoms with van der Waals surface area (Å²) in [4.78, 5) is 30.8. The van der Waals surface area contributed by atoms with E-state index in [-0.39, 0.29) is 18.3 Å². The van der Waals surface area contributed by atoms with Gasteiger partial charge < -0.3 is 15.1 Å². The molecule has 1 aromatic heterocycles. The van der Waals surface area contributed by atoms with Gasteiger partial charge in [-0.1, -0.05) is 18.2 Å². The minimum atomic E-state index is -0.442. The van der Waals surface area contributed by atoms with Gasteiger partial charge in [-0.2, -0.15) is 0 Å². The molecular weight excluding hydrogens is 322 g/mol. The van der Waals surface area contributed by atoms with Crippen LogP contribution in [-0.2, 0) is 6.54 Å². The van der Waals surface area contributed by atoms with Crippen molar-refractivity contribution in [2.75, 3.05) is 31.1 Å². The first-order valence-electron chi connectivity index (χ1n) is 8.05. The van der Waals surface area contributed by atoms with E-state index in [1.54, 1.807) is 23.2 Å². The fraction of sp³-hybridized carbons (Fsp3) is 0.294. The highest BCUT2D eigenvalue weighted by molar-refractivity contribution is 5.74. The molecule has 1 N–H and O–H groups in total. The van der Waals surface area contributed by atoms with E-state index in [2.05, 4.69) is 15.2 Å². The molecule has 0 atom stereocenters. The van der Waals surface area contributed by atoms with Gasteiger partial charge in [-0.15, -0.1) is 0 Å². The summed E-state index contributed by atoms with van der Waals surface area (Å²) in [5.74, 6) is 0.916. The van der Waals surface area contributed by atoms with E-state index in [1.807, 2.05) is 18.2 Å². The molecule has 1 aromatic carbocycles. The summed E-state index contributed by atoms with van der Waals surface area (Å²) in [7, 11) is 0. The smallest absolute Gasteiger partial charge is 0.317 e. The second-order valence-electron chi connectivity index (χ2n) is 5.75. The number of carbonyl (C=O) groups excluding carboxylic acids is 1. The second-order valence-corrected chi connectivity index (χ2v) is 5.75. The van der Waals surface area contributed by atoms with Crippen molar-refractivity contribution in [2.45, 2.75) is 6.54 Å². The predicted molar refractivity (Wildman–Crippen MR) is 93.4 cm³/mol. The molecule has 25 heavy (non-hydrogen) atoms. The summed E-state index contributed by atoms with van der Waals surface area (Å²) >= 11 is 0. The van der Waals surface area contributed by atoms with Crippen molar-refractivity contribution >= 4 is 17.5 Å². The van der Waals surface area contributed by atoms with Gasteiger partial charge in [0.05, 0.1) is 4.92 Å².